The van der Waals surface area contributed by atoms with Gasteiger partial charge in [0.15, 0.2) is 16.5 Å². The van der Waals surface area contributed by atoms with E-state index in [9.17, 15) is 4.79 Å². The number of hydrogen-bond acceptors (Lipinski definition) is 1. The molecule has 2 amide bonds. The molecule has 3 nitrogen and oxygen atoms in total. The van der Waals surface area contributed by atoms with E-state index in [2.05, 4.69) is 60.6 Å². The lowest BCUT2D eigenvalue weighted by Crippen LogP contribution is -2.59. The maximum absolute atomic E-state index is 12.5. The van der Waals surface area contributed by atoms with Gasteiger partial charge in [0.1, 0.15) is 0 Å². The van der Waals surface area contributed by atoms with Crippen LogP contribution >= 0.6 is 0 Å². The molecule has 0 saturated heterocycles. The van der Waals surface area contributed by atoms with Gasteiger partial charge in [-0.2, -0.15) is 0 Å². The van der Waals surface area contributed by atoms with Gasteiger partial charge in [-0.15, -0.1) is 0 Å². The normalized spacial score (nSPS) is 19.0. The lowest BCUT2D eigenvalue weighted by Gasteiger charge is -2.41. The molecule has 0 aromatic carbocycles. The first kappa shape index (κ1) is 13.5. The van der Waals surface area contributed by atoms with Gasteiger partial charge in [-0.3, -0.25) is 4.79 Å². The summed E-state index contributed by atoms with van der Waals surface area (Å²) in [5.41, 5.74) is 0. The van der Waals surface area contributed by atoms with E-state index in [1.165, 1.54) is 0 Å². The maximum atomic E-state index is 12.5. The zero-order valence-electron chi connectivity index (χ0n) is 11.4. The minimum absolute atomic E-state index is 0.253. The van der Waals surface area contributed by atoms with Gasteiger partial charge in [0.25, 0.3) is 0 Å². The maximum Gasteiger partial charge on any atom is 0.304 e. The number of rotatable bonds is 2. The molecule has 1 aliphatic rings. The van der Waals surface area contributed by atoms with Gasteiger partial charge in [-0.05, 0) is 0 Å². The molecule has 16 heavy (non-hydrogen) atoms. The Hall–Kier alpha value is -0.556. The molecular weight excluding hydrogens is 232 g/mol. The van der Waals surface area contributed by atoms with Gasteiger partial charge in [0.05, 0.1) is 0 Å². The highest BCUT2D eigenvalue weighted by molar-refractivity contribution is 6.78. The van der Waals surface area contributed by atoms with Crippen LogP contribution in [0.1, 0.15) is 0 Å². The first-order valence-electron chi connectivity index (χ1n) is 5.88. The Morgan fingerprint density at radius 1 is 0.875 bits per heavy atom. The Labute approximate surface area is 101 Å². The summed E-state index contributed by atoms with van der Waals surface area (Å²) >= 11 is 0. The van der Waals surface area contributed by atoms with Crippen molar-refractivity contribution in [2.24, 2.45) is 0 Å². The molecule has 0 unspecified atom stereocenters. The van der Waals surface area contributed by atoms with Gasteiger partial charge in [-0.1, -0.05) is 51.4 Å². The zero-order chi connectivity index (χ0) is 12.6. The molecule has 0 aromatic heterocycles. The van der Waals surface area contributed by atoms with Crippen molar-refractivity contribution in [3.63, 3.8) is 0 Å². The van der Waals surface area contributed by atoms with Crippen LogP contribution in [0.2, 0.25) is 39.3 Å². The fourth-order valence-corrected chi connectivity index (χ4v) is 4.58. The van der Waals surface area contributed by atoms with Crippen molar-refractivity contribution in [3.05, 3.63) is 12.2 Å². The Morgan fingerprint density at radius 3 is 1.44 bits per heavy atom. The van der Waals surface area contributed by atoms with E-state index in [1.807, 2.05) is 0 Å². The van der Waals surface area contributed by atoms with Crippen molar-refractivity contribution in [3.8, 4) is 0 Å². The number of amides is 2. The molecule has 0 bridgehead atoms. The summed E-state index contributed by atoms with van der Waals surface area (Å²) in [6, 6.07) is 0.253. The summed E-state index contributed by atoms with van der Waals surface area (Å²) in [5, 5.41) is 0. The molecule has 1 aliphatic heterocycles. The Kier molecular flexibility index (Phi) is 3.69. The minimum atomic E-state index is -1.56. The fraction of sp³-hybridized carbons (Fsp3) is 0.727. The zero-order valence-corrected chi connectivity index (χ0v) is 13.4. The quantitative estimate of drug-likeness (QED) is 0.550. The molecule has 1 heterocycles. The average molecular weight is 256 g/mol. The van der Waals surface area contributed by atoms with E-state index < -0.39 is 16.5 Å². The van der Waals surface area contributed by atoms with Crippen molar-refractivity contribution in [2.75, 3.05) is 13.1 Å². The first-order chi connectivity index (χ1) is 7.14. The lowest BCUT2D eigenvalue weighted by atomic mass is 10.5. The molecule has 0 N–H and O–H groups in total. The summed E-state index contributed by atoms with van der Waals surface area (Å²) in [7, 11) is -3.12. The predicted molar refractivity (Wildman–Crippen MR) is 74.6 cm³/mol. The second-order valence-electron chi connectivity index (χ2n) is 6.32. The summed E-state index contributed by atoms with van der Waals surface area (Å²) in [6.07, 6.45) is 4.27. The lowest BCUT2D eigenvalue weighted by molar-refractivity contribution is 0.207. The van der Waals surface area contributed by atoms with Crippen molar-refractivity contribution in [2.45, 2.75) is 39.3 Å². The van der Waals surface area contributed by atoms with Crippen molar-refractivity contribution < 1.29 is 4.79 Å². The van der Waals surface area contributed by atoms with Crippen LogP contribution in [0.25, 0.3) is 0 Å². The Balaban J connectivity index is 3.00. The molecule has 0 aromatic rings. The second-order valence-corrected chi connectivity index (χ2v) is 16.1. The third-order valence-corrected chi connectivity index (χ3v) is 6.81. The summed E-state index contributed by atoms with van der Waals surface area (Å²) < 4.78 is 4.18. The number of urea groups is 1. The molecule has 1 rings (SSSR count). The van der Waals surface area contributed by atoms with E-state index in [-0.39, 0.29) is 6.03 Å². The van der Waals surface area contributed by atoms with Crippen LogP contribution in [0.5, 0.6) is 0 Å². The Bertz CT molecular complexity index is 274. The van der Waals surface area contributed by atoms with Crippen LogP contribution in [-0.4, -0.2) is 44.7 Å². The van der Waals surface area contributed by atoms with Crippen LogP contribution in [0.4, 0.5) is 4.79 Å². The van der Waals surface area contributed by atoms with Gasteiger partial charge in [-0.25, -0.2) is 0 Å². The van der Waals surface area contributed by atoms with Crippen LogP contribution in [-0.2, 0) is 0 Å². The molecule has 0 saturated carbocycles. The molecule has 0 aliphatic carbocycles. The van der Waals surface area contributed by atoms with Gasteiger partial charge < -0.3 is 9.13 Å². The topological polar surface area (TPSA) is 23.6 Å². The van der Waals surface area contributed by atoms with Gasteiger partial charge >= 0.3 is 6.03 Å². The molecule has 0 fully saturated rings. The number of carbonyl (C=O) groups excluding carboxylic acids is 1. The van der Waals surface area contributed by atoms with E-state index in [4.69, 9.17) is 0 Å². The highest BCUT2D eigenvalue weighted by Gasteiger charge is 2.36. The molecule has 0 radical (unpaired) electrons. The highest BCUT2D eigenvalue weighted by Crippen LogP contribution is 2.19. The van der Waals surface area contributed by atoms with Crippen LogP contribution in [0, 0.1) is 0 Å². The van der Waals surface area contributed by atoms with Crippen LogP contribution in [0.3, 0.4) is 0 Å². The number of carbonyl (C=O) groups is 1. The fourth-order valence-electron chi connectivity index (χ4n) is 1.78. The van der Waals surface area contributed by atoms with E-state index in [1.54, 1.807) is 0 Å². The Morgan fingerprint density at radius 2 is 1.19 bits per heavy atom. The smallest absolute Gasteiger partial charge is 0.304 e. The van der Waals surface area contributed by atoms with Crippen molar-refractivity contribution in [1.29, 1.82) is 0 Å². The van der Waals surface area contributed by atoms with E-state index in [0.717, 1.165) is 13.1 Å². The summed E-state index contributed by atoms with van der Waals surface area (Å²) in [6.45, 7) is 14.9. The average Bonchev–Trinajstić information content (AvgIpc) is 2.23. The first-order valence-corrected chi connectivity index (χ1v) is 12.8. The van der Waals surface area contributed by atoms with Crippen LogP contribution < -0.4 is 0 Å². The molecule has 92 valence electrons. The number of nitrogens with zero attached hydrogens (tertiary/aromatic N) is 2. The number of hydrogen-bond donors (Lipinski definition) is 0. The molecule has 5 heteroatoms. The highest BCUT2D eigenvalue weighted by atomic mass is 28.3. The molecule has 0 atom stereocenters. The largest absolute Gasteiger partial charge is 0.350 e. The van der Waals surface area contributed by atoms with Crippen LogP contribution in [0.15, 0.2) is 12.2 Å². The summed E-state index contributed by atoms with van der Waals surface area (Å²) in [5.74, 6) is 0. The third kappa shape index (κ3) is 2.98. The summed E-state index contributed by atoms with van der Waals surface area (Å²) in [4.78, 5) is 12.5. The predicted octanol–water partition coefficient (Wildman–Crippen LogP) is 2.95. The minimum Gasteiger partial charge on any atom is -0.350 e. The standard InChI is InChI=1S/C11H24N2OSi2/c1-15(2,3)12-9-7-8-10-13(11(12)14)16(4,5)6/h7-8H,9-10H2,1-6H3. The monoisotopic (exact) mass is 256 g/mol. The van der Waals surface area contributed by atoms with Gasteiger partial charge in [0, 0.05) is 13.1 Å². The van der Waals surface area contributed by atoms with E-state index >= 15 is 0 Å². The second kappa shape index (κ2) is 4.37. The van der Waals surface area contributed by atoms with Gasteiger partial charge in [0.2, 0.25) is 0 Å². The molecular formula is C11H24N2OSi2. The molecule has 0 spiro atoms. The van der Waals surface area contributed by atoms with Crippen molar-refractivity contribution >= 4 is 22.5 Å². The third-order valence-electron chi connectivity index (χ3n) is 2.82. The van der Waals surface area contributed by atoms with Crippen molar-refractivity contribution in [1.82, 2.24) is 9.13 Å². The SMILES string of the molecule is C[Si](C)(C)N1CC=CCN([Si](C)(C)C)C1=O. The van der Waals surface area contributed by atoms with E-state index in [0.29, 0.717) is 0 Å².